The molecule has 20 heteroatoms. The average Bonchev–Trinajstić information content (AvgIpc) is 3.81. The third-order valence-corrected chi connectivity index (χ3v) is 11.2. The minimum absolute atomic E-state index is 0.112. The standard InChI is InChI=1S/C47H73N3O16S/c1-3-50-39-44(48-49-50)40-66-36-35-65-34-33-64-32-31-63-30-29-62-28-27-61-26-25-60-24-23-59-22-21-58-20-19-57-18-17-56-16-15-55-14-5-8-46(51)42-6-4-7-43(38-42)47(52)13-37-67(53,54)45-11-9-41(2)10-12-45/h4,6-7,9-12,38-39H,3,5,8,13-37,40H2,1-2H3. The van der Waals surface area contributed by atoms with Crippen LogP contribution < -0.4 is 0 Å². The zero-order valence-electron chi connectivity index (χ0n) is 39.5. The number of nitrogens with zero attached hydrogens (tertiary/aromatic N) is 3. The van der Waals surface area contributed by atoms with Crippen molar-refractivity contribution in [3.8, 4) is 0 Å². The smallest absolute Gasteiger partial charge is 0.178 e. The number of Topliss-reactive ketones (excluding diaryl/α,β-unsaturated/α-hetero) is 2. The number of hydrogen-bond acceptors (Lipinski definition) is 18. The molecular weight excluding hydrogens is 895 g/mol. The Bertz CT molecular complexity index is 1820. The summed E-state index contributed by atoms with van der Waals surface area (Å²) in [4.78, 5) is 25.7. The highest BCUT2D eigenvalue weighted by molar-refractivity contribution is 7.91. The molecule has 0 fully saturated rings. The predicted octanol–water partition coefficient (Wildman–Crippen LogP) is 4.02. The van der Waals surface area contributed by atoms with Crippen LogP contribution in [0.5, 0.6) is 0 Å². The second kappa shape index (κ2) is 38.3. The predicted molar refractivity (Wildman–Crippen MR) is 247 cm³/mol. The largest absolute Gasteiger partial charge is 0.379 e. The first-order valence-corrected chi connectivity index (χ1v) is 24.7. The number of rotatable bonds is 46. The first-order chi connectivity index (χ1) is 32.8. The van der Waals surface area contributed by atoms with Gasteiger partial charge in [-0.25, -0.2) is 8.42 Å². The number of carbonyl (C=O) groups excluding carboxylic acids is 2. The summed E-state index contributed by atoms with van der Waals surface area (Å²) in [5, 5.41) is 7.99. The Labute approximate surface area is 396 Å². The van der Waals surface area contributed by atoms with Crippen LogP contribution in [0.1, 0.15) is 58.2 Å². The molecule has 1 aromatic heterocycles. The van der Waals surface area contributed by atoms with E-state index in [0.717, 1.165) is 17.8 Å². The van der Waals surface area contributed by atoms with Crippen LogP contribution in [0.3, 0.4) is 0 Å². The minimum Gasteiger partial charge on any atom is -0.379 e. The lowest BCUT2D eigenvalue weighted by Gasteiger charge is -2.09. The highest BCUT2D eigenvalue weighted by Gasteiger charge is 2.18. The number of ketones is 2. The first kappa shape index (κ1) is 57.7. The Morgan fingerprint density at radius 1 is 0.507 bits per heavy atom. The first-order valence-electron chi connectivity index (χ1n) is 23.1. The molecule has 378 valence electrons. The van der Waals surface area contributed by atoms with Crippen molar-refractivity contribution in [1.82, 2.24) is 15.0 Å². The maximum Gasteiger partial charge on any atom is 0.178 e. The maximum absolute atomic E-state index is 12.7. The van der Waals surface area contributed by atoms with Gasteiger partial charge >= 0.3 is 0 Å². The molecule has 67 heavy (non-hydrogen) atoms. The highest BCUT2D eigenvalue weighted by Crippen LogP contribution is 2.16. The van der Waals surface area contributed by atoms with Crippen LogP contribution in [0.15, 0.2) is 59.6 Å². The molecule has 0 spiro atoms. The van der Waals surface area contributed by atoms with Gasteiger partial charge in [0, 0.05) is 37.1 Å². The Morgan fingerprint density at radius 3 is 1.27 bits per heavy atom. The lowest BCUT2D eigenvalue weighted by atomic mass is 10.0. The summed E-state index contributed by atoms with van der Waals surface area (Å²) in [5.74, 6) is -0.739. The van der Waals surface area contributed by atoms with E-state index in [9.17, 15) is 18.0 Å². The van der Waals surface area contributed by atoms with Gasteiger partial charge in [0.2, 0.25) is 0 Å². The van der Waals surface area contributed by atoms with E-state index in [4.69, 9.17) is 56.8 Å². The zero-order valence-corrected chi connectivity index (χ0v) is 40.3. The third kappa shape index (κ3) is 29.1. The number of carbonyl (C=O) groups is 2. The monoisotopic (exact) mass is 967 g/mol. The average molecular weight is 968 g/mol. The second-order valence-electron chi connectivity index (χ2n) is 14.8. The van der Waals surface area contributed by atoms with Gasteiger partial charge in [-0.05, 0) is 38.5 Å². The molecule has 0 N–H and O–H groups in total. The fourth-order valence-electron chi connectivity index (χ4n) is 5.74. The van der Waals surface area contributed by atoms with Crippen LogP contribution in [0.2, 0.25) is 0 Å². The SMILES string of the molecule is CCn1cc(COCCOCCOCCOCCOCCOCCOCCOCCOCCOCCOCCOCCCC(=O)c2cccc(C(=O)CCS(=O)(=O)c3ccc(C)cc3)c2)nn1. The van der Waals surface area contributed by atoms with Crippen LogP contribution >= 0.6 is 0 Å². The normalized spacial score (nSPS) is 11.7. The molecular formula is C47H73N3O16S. The molecule has 0 saturated heterocycles. The molecule has 3 aromatic rings. The Hall–Kier alpha value is -3.61. The molecule has 0 unspecified atom stereocenters. The van der Waals surface area contributed by atoms with E-state index in [1.165, 1.54) is 6.07 Å². The topological polar surface area (TPSA) is 210 Å². The molecule has 0 saturated carbocycles. The summed E-state index contributed by atoms with van der Waals surface area (Å²) in [6.07, 6.45) is 2.47. The van der Waals surface area contributed by atoms with E-state index in [-0.39, 0.29) is 35.1 Å². The summed E-state index contributed by atoms with van der Waals surface area (Å²) in [5.41, 5.74) is 2.49. The van der Waals surface area contributed by atoms with Gasteiger partial charge in [-0.2, -0.15) is 0 Å². The van der Waals surface area contributed by atoms with Crippen LogP contribution in [0.25, 0.3) is 0 Å². The summed E-state index contributed by atoms with van der Waals surface area (Å²) >= 11 is 0. The maximum atomic E-state index is 12.7. The van der Waals surface area contributed by atoms with Gasteiger partial charge < -0.3 is 56.8 Å². The van der Waals surface area contributed by atoms with Gasteiger partial charge in [-0.15, -0.1) is 5.10 Å². The third-order valence-electron chi connectivity index (χ3n) is 9.43. The quantitative estimate of drug-likeness (QED) is 0.0578. The van der Waals surface area contributed by atoms with Crippen molar-refractivity contribution in [2.24, 2.45) is 0 Å². The van der Waals surface area contributed by atoms with Crippen LogP contribution in [0.4, 0.5) is 0 Å². The number of aryl methyl sites for hydroxylation is 2. The van der Waals surface area contributed by atoms with E-state index in [1.54, 1.807) is 47.1 Å². The summed E-state index contributed by atoms with van der Waals surface area (Å²) < 4.78 is 93.1. The van der Waals surface area contributed by atoms with E-state index in [2.05, 4.69) is 10.3 Å². The zero-order chi connectivity index (χ0) is 47.9. The molecule has 3 rings (SSSR count). The Morgan fingerprint density at radius 2 is 0.881 bits per heavy atom. The summed E-state index contributed by atoms with van der Waals surface area (Å²) in [6.45, 7) is 15.7. The van der Waals surface area contributed by atoms with Crippen molar-refractivity contribution in [1.29, 1.82) is 0 Å². The highest BCUT2D eigenvalue weighted by atomic mass is 32.2. The van der Waals surface area contributed by atoms with Crippen molar-refractivity contribution in [3.63, 3.8) is 0 Å². The summed E-state index contributed by atoms with van der Waals surface area (Å²) in [6, 6.07) is 13.0. The van der Waals surface area contributed by atoms with E-state index in [1.807, 2.05) is 20.0 Å². The molecule has 0 aliphatic carbocycles. The molecule has 0 amide bonds. The lowest BCUT2D eigenvalue weighted by Crippen LogP contribution is -2.15. The van der Waals surface area contributed by atoms with E-state index in [0.29, 0.717) is 176 Å². The molecule has 0 aliphatic rings. The molecule has 19 nitrogen and oxygen atoms in total. The van der Waals surface area contributed by atoms with Gasteiger partial charge in [0.25, 0.3) is 0 Å². The number of ether oxygens (including phenoxy) is 12. The van der Waals surface area contributed by atoms with Crippen molar-refractivity contribution >= 4 is 21.4 Å². The number of hydrogen-bond donors (Lipinski definition) is 0. The van der Waals surface area contributed by atoms with E-state index < -0.39 is 9.84 Å². The van der Waals surface area contributed by atoms with Crippen LogP contribution in [-0.4, -0.2) is 193 Å². The Balaban J connectivity index is 0.957. The van der Waals surface area contributed by atoms with Gasteiger partial charge in [-0.1, -0.05) is 41.1 Å². The lowest BCUT2D eigenvalue weighted by molar-refractivity contribution is -0.0285. The molecule has 0 radical (unpaired) electrons. The second-order valence-corrected chi connectivity index (χ2v) is 16.9. The fraction of sp³-hybridized carbons (Fsp3) is 0.660. The van der Waals surface area contributed by atoms with Gasteiger partial charge in [-0.3, -0.25) is 14.3 Å². The minimum atomic E-state index is -3.59. The van der Waals surface area contributed by atoms with E-state index >= 15 is 0 Å². The number of benzene rings is 2. The van der Waals surface area contributed by atoms with Crippen molar-refractivity contribution in [3.05, 3.63) is 77.1 Å². The molecule has 0 aliphatic heterocycles. The molecule has 0 bridgehead atoms. The summed E-state index contributed by atoms with van der Waals surface area (Å²) in [7, 11) is -3.59. The van der Waals surface area contributed by atoms with Gasteiger partial charge in [0.15, 0.2) is 21.4 Å². The molecule has 2 aromatic carbocycles. The van der Waals surface area contributed by atoms with Crippen LogP contribution in [-0.2, 0) is 79.8 Å². The van der Waals surface area contributed by atoms with Crippen molar-refractivity contribution in [2.45, 2.75) is 51.2 Å². The molecule has 1 heterocycles. The van der Waals surface area contributed by atoms with Crippen molar-refractivity contribution < 1.29 is 74.8 Å². The number of sulfone groups is 1. The van der Waals surface area contributed by atoms with Gasteiger partial charge in [0.05, 0.1) is 169 Å². The Kier molecular flexibility index (Phi) is 33.0. The van der Waals surface area contributed by atoms with Crippen molar-refractivity contribution in [2.75, 3.05) is 158 Å². The molecule has 0 atom stereocenters. The fourth-order valence-corrected chi connectivity index (χ4v) is 6.98. The van der Waals surface area contributed by atoms with Crippen LogP contribution in [0, 0.1) is 6.92 Å². The van der Waals surface area contributed by atoms with Gasteiger partial charge in [0.1, 0.15) is 5.69 Å². The number of aromatic nitrogens is 3.